The summed E-state index contributed by atoms with van der Waals surface area (Å²) in [6.45, 7) is 5.61. The fourth-order valence-electron chi connectivity index (χ4n) is 2.57. The average Bonchev–Trinajstić information content (AvgIpc) is 2.56. The van der Waals surface area contributed by atoms with Crippen LogP contribution in [-0.2, 0) is 12.5 Å². The van der Waals surface area contributed by atoms with Gasteiger partial charge in [-0.2, -0.15) is 0 Å². The molecular weight excluding hydrogens is 196 g/mol. The highest BCUT2D eigenvalue weighted by Gasteiger charge is 2.34. The van der Waals surface area contributed by atoms with Crippen LogP contribution in [0.3, 0.4) is 0 Å². The van der Waals surface area contributed by atoms with Crippen LogP contribution >= 0.6 is 0 Å². The second kappa shape index (κ2) is 2.97. The molecule has 0 amide bonds. The number of para-hydroxylation sites is 1. The van der Waals surface area contributed by atoms with E-state index < -0.39 is 0 Å². The van der Waals surface area contributed by atoms with Gasteiger partial charge in [0.2, 0.25) is 5.52 Å². The molecule has 1 aliphatic rings. The summed E-state index contributed by atoms with van der Waals surface area (Å²) in [6, 6.07) is 8.57. The molecule has 0 bridgehead atoms. The van der Waals surface area contributed by atoms with Gasteiger partial charge in [-0.25, -0.2) is 4.57 Å². The number of benzene rings is 1. The second-order valence-electron chi connectivity index (χ2n) is 5.28. The molecule has 0 saturated carbocycles. The summed E-state index contributed by atoms with van der Waals surface area (Å²) in [4.78, 5) is 0. The molecule has 0 unspecified atom stereocenters. The van der Waals surface area contributed by atoms with Crippen LogP contribution in [0, 0.1) is 0 Å². The van der Waals surface area contributed by atoms with E-state index in [0.29, 0.717) is 0 Å². The third kappa shape index (κ3) is 1.16. The van der Waals surface area contributed by atoms with Gasteiger partial charge in [0.15, 0.2) is 6.20 Å². The van der Waals surface area contributed by atoms with Gasteiger partial charge in [-0.15, -0.1) is 0 Å². The van der Waals surface area contributed by atoms with Crippen molar-refractivity contribution in [2.75, 3.05) is 11.9 Å². The van der Waals surface area contributed by atoms with Crippen LogP contribution in [0.25, 0.3) is 10.9 Å². The van der Waals surface area contributed by atoms with Crippen LogP contribution < -0.4 is 9.88 Å². The van der Waals surface area contributed by atoms with Crippen molar-refractivity contribution in [3.63, 3.8) is 0 Å². The Morgan fingerprint density at radius 2 is 2.00 bits per heavy atom. The standard InChI is InChI=1S/C14H16N2/c1-14(2)9-15-13-10-6-4-5-7-12(10)16(3)8-11(13)14/h4-8H,9H2,1-3H3/p+1. The molecular formula is C14H17N2+. The molecule has 1 aliphatic heterocycles. The number of anilines is 1. The number of nitrogens with zero attached hydrogens (tertiary/aromatic N) is 1. The lowest BCUT2D eigenvalue weighted by molar-refractivity contribution is -0.645. The van der Waals surface area contributed by atoms with E-state index in [1.54, 1.807) is 0 Å². The van der Waals surface area contributed by atoms with Gasteiger partial charge in [0.05, 0.1) is 11.1 Å². The van der Waals surface area contributed by atoms with Crippen LogP contribution in [0.5, 0.6) is 0 Å². The molecule has 1 aromatic carbocycles. The zero-order valence-electron chi connectivity index (χ0n) is 10.0. The van der Waals surface area contributed by atoms with Crippen molar-refractivity contribution in [3.05, 3.63) is 36.0 Å². The van der Waals surface area contributed by atoms with Gasteiger partial charge in [-0.05, 0) is 6.07 Å². The Kier molecular flexibility index (Phi) is 1.79. The van der Waals surface area contributed by atoms with Gasteiger partial charge in [0.1, 0.15) is 7.05 Å². The maximum atomic E-state index is 3.55. The first-order valence-corrected chi connectivity index (χ1v) is 5.75. The smallest absolute Gasteiger partial charge is 0.214 e. The Morgan fingerprint density at radius 1 is 1.25 bits per heavy atom. The molecule has 3 rings (SSSR count). The Hall–Kier alpha value is -1.57. The molecule has 0 atom stereocenters. The van der Waals surface area contributed by atoms with Crippen molar-refractivity contribution >= 4 is 16.6 Å². The van der Waals surface area contributed by atoms with Crippen LogP contribution in [0.1, 0.15) is 19.4 Å². The van der Waals surface area contributed by atoms with E-state index in [9.17, 15) is 0 Å². The molecule has 1 N–H and O–H groups in total. The molecule has 2 aromatic rings. The molecule has 0 radical (unpaired) electrons. The topological polar surface area (TPSA) is 15.9 Å². The molecule has 2 nitrogen and oxygen atoms in total. The van der Waals surface area contributed by atoms with Gasteiger partial charge in [-0.1, -0.05) is 26.0 Å². The van der Waals surface area contributed by atoms with Gasteiger partial charge < -0.3 is 5.32 Å². The van der Waals surface area contributed by atoms with Crippen LogP contribution in [0.15, 0.2) is 30.5 Å². The first-order chi connectivity index (χ1) is 7.59. The highest BCUT2D eigenvalue weighted by Crippen LogP contribution is 2.38. The van der Waals surface area contributed by atoms with Crippen molar-refractivity contribution in [3.8, 4) is 0 Å². The quantitative estimate of drug-likeness (QED) is 0.664. The minimum atomic E-state index is 0.233. The van der Waals surface area contributed by atoms with Crippen molar-refractivity contribution in [1.82, 2.24) is 0 Å². The summed E-state index contributed by atoms with van der Waals surface area (Å²) in [5.41, 5.74) is 4.26. The number of hydrogen-bond acceptors (Lipinski definition) is 1. The number of hydrogen-bond donors (Lipinski definition) is 1. The van der Waals surface area contributed by atoms with Crippen LogP contribution in [0.4, 0.5) is 5.69 Å². The Labute approximate surface area is 95.9 Å². The summed E-state index contributed by atoms with van der Waals surface area (Å²) in [6.07, 6.45) is 2.26. The monoisotopic (exact) mass is 213 g/mol. The van der Waals surface area contributed by atoms with E-state index in [1.165, 1.54) is 22.2 Å². The largest absolute Gasteiger partial charge is 0.383 e. The van der Waals surface area contributed by atoms with E-state index in [1.807, 2.05) is 0 Å². The zero-order valence-corrected chi connectivity index (χ0v) is 10.0. The third-order valence-corrected chi connectivity index (χ3v) is 3.58. The number of nitrogens with one attached hydrogen (secondary N) is 1. The van der Waals surface area contributed by atoms with E-state index in [2.05, 4.69) is 61.2 Å². The molecule has 0 fully saturated rings. The summed E-state index contributed by atoms with van der Waals surface area (Å²) in [5.74, 6) is 0. The Bertz CT molecular complexity index is 570. The number of pyridine rings is 1. The molecule has 0 spiro atoms. The summed E-state index contributed by atoms with van der Waals surface area (Å²) >= 11 is 0. The van der Waals surface area contributed by atoms with Crippen LogP contribution in [-0.4, -0.2) is 6.54 Å². The predicted octanol–water partition coefficient (Wildman–Crippen LogP) is 2.37. The maximum Gasteiger partial charge on any atom is 0.214 e. The van der Waals surface area contributed by atoms with Crippen molar-refractivity contribution in [2.45, 2.75) is 19.3 Å². The molecule has 2 heterocycles. The van der Waals surface area contributed by atoms with Gasteiger partial charge >= 0.3 is 0 Å². The number of rotatable bonds is 0. The summed E-state index contributed by atoms with van der Waals surface area (Å²) in [5, 5.41) is 4.87. The first kappa shape index (κ1) is 9.64. The SMILES string of the molecule is C[n+]1cc2c(c3ccccc31)NCC2(C)C. The minimum absolute atomic E-state index is 0.233. The van der Waals surface area contributed by atoms with E-state index in [0.717, 1.165) is 6.54 Å². The fraction of sp³-hybridized carbons (Fsp3) is 0.357. The van der Waals surface area contributed by atoms with E-state index in [4.69, 9.17) is 0 Å². The minimum Gasteiger partial charge on any atom is -0.383 e. The number of aryl methyl sites for hydroxylation is 1. The predicted molar refractivity (Wildman–Crippen MR) is 66.6 cm³/mol. The van der Waals surface area contributed by atoms with Gasteiger partial charge in [0.25, 0.3) is 0 Å². The zero-order chi connectivity index (χ0) is 11.3. The highest BCUT2D eigenvalue weighted by molar-refractivity contribution is 5.92. The maximum absolute atomic E-state index is 3.55. The molecule has 1 aromatic heterocycles. The van der Waals surface area contributed by atoms with Crippen LogP contribution in [0.2, 0.25) is 0 Å². The fourth-order valence-corrected chi connectivity index (χ4v) is 2.57. The molecule has 82 valence electrons. The van der Waals surface area contributed by atoms with E-state index in [-0.39, 0.29) is 5.41 Å². The van der Waals surface area contributed by atoms with Crippen molar-refractivity contribution < 1.29 is 4.57 Å². The molecule has 16 heavy (non-hydrogen) atoms. The lowest BCUT2D eigenvalue weighted by Crippen LogP contribution is -2.31. The van der Waals surface area contributed by atoms with Gasteiger partial charge in [0, 0.05) is 23.6 Å². The molecule has 0 aliphatic carbocycles. The van der Waals surface area contributed by atoms with Crippen molar-refractivity contribution in [2.24, 2.45) is 7.05 Å². The average molecular weight is 213 g/mol. The summed E-state index contributed by atoms with van der Waals surface area (Å²) < 4.78 is 2.23. The lowest BCUT2D eigenvalue weighted by atomic mass is 9.87. The molecule has 2 heteroatoms. The van der Waals surface area contributed by atoms with E-state index >= 15 is 0 Å². The highest BCUT2D eigenvalue weighted by atomic mass is 15.0. The third-order valence-electron chi connectivity index (χ3n) is 3.58. The van der Waals surface area contributed by atoms with Crippen molar-refractivity contribution in [1.29, 1.82) is 0 Å². The lowest BCUT2D eigenvalue weighted by Gasteiger charge is -2.15. The number of aromatic nitrogens is 1. The Morgan fingerprint density at radius 3 is 2.81 bits per heavy atom. The molecule has 0 saturated heterocycles. The summed E-state index contributed by atoms with van der Waals surface area (Å²) in [7, 11) is 2.12. The first-order valence-electron chi connectivity index (χ1n) is 5.75. The van der Waals surface area contributed by atoms with Gasteiger partial charge in [-0.3, -0.25) is 0 Å². The Balaban J connectivity index is 2.43. The number of fused-ring (bicyclic) bond motifs is 3. The normalized spacial score (nSPS) is 17.2. The second-order valence-corrected chi connectivity index (χ2v) is 5.28.